The lowest BCUT2D eigenvalue weighted by Crippen LogP contribution is -2.72. The standard InChI is InChI=1S/C27H27FN6O4/c1-16(33-26(38)22-15-30-11-12-31-22)24(36)34-27(29,23(35)18-7-9-19(28)10-8-18)21(20-14-32-25(20)37)13-17-5-3-2-4-6-17/h2-12,15-16,20-21H,13-14,29H2,1H3,(H,32,37)(H,33,38)(H,34,36). The molecule has 1 fully saturated rings. The SMILES string of the molecule is CC(NC(=O)c1cnccn1)C(=O)NC(N)(C(=O)c1ccc(F)cc1)C(Cc1ccccc1)C1CNC1=O. The highest BCUT2D eigenvalue weighted by atomic mass is 19.1. The Kier molecular flexibility index (Phi) is 7.87. The molecule has 0 saturated carbocycles. The van der Waals surface area contributed by atoms with E-state index in [0.29, 0.717) is 0 Å². The van der Waals surface area contributed by atoms with Gasteiger partial charge in [-0.1, -0.05) is 30.3 Å². The van der Waals surface area contributed by atoms with Gasteiger partial charge in [-0.3, -0.25) is 24.2 Å². The number of rotatable bonds is 10. The number of nitrogens with two attached hydrogens (primary N) is 1. The summed E-state index contributed by atoms with van der Waals surface area (Å²) in [5, 5.41) is 7.79. The molecule has 1 aromatic heterocycles. The number of hydrogen-bond acceptors (Lipinski definition) is 7. The second-order valence-corrected chi connectivity index (χ2v) is 9.13. The first kappa shape index (κ1) is 26.6. The molecule has 0 radical (unpaired) electrons. The van der Waals surface area contributed by atoms with Crippen LogP contribution in [0.5, 0.6) is 0 Å². The summed E-state index contributed by atoms with van der Waals surface area (Å²) in [6.45, 7) is 1.69. The highest BCUT2D eigenvalue weighted by molar-refractivity contribution is 6.06. The smallest absolute Gasteiger partial charge is 0.272 e. The summed E-state index contributed by atoms with van der Waals surface area (Å²) in [7, 11) is 0. The second kappa shape index (κ2) is 11.3. The minimum absolute atomic E-state index is 0.00152. The normalized spacial score (nSPS) is 17.7. The molecule has 38 heavy (non-hydrogen) atoms. The van der Waals surface area contributed by atoms with Crippen LogP contribution in [0.2, 0.25) is 0 Å². The zero-order valence-corrected chi connectivity index (χ0v) is 20.6. The van der Waals surface area contributed by atoms with Crippen LogP contribution in [0.4, 0.5) is 4.39 Å². The molecular formula is C27H27FN6O4. The number of β-lactam (4-membered cyclic amide) rings is 1. The monoisotopic (exact) mass is 518 g/mol. The third-order valence-electron chi connectivity index (χ3n) is 6.55. The number of amides is 3. The van der Waals surface area contributed by atoms with Crippen LogP contribution in [0.15, 0.2) is 73.2 Å². The van der Waals surface area contributed by atoms with Crippen molar-refractivity contribution < 1.29 is 23.6 Å². The molecule has 196 valence electrons. The van der Waals surface area contributed by atoms with E-state index in [4.69, 9.17) is 5.73 Å². The van der Waals surface area contributed by atoms with Crippen LogP contribution in [0, 0.1) is 17.7 Å². The van der Waals surface area contributed by atoms with E-state index < -0.39 is 47.0 Å². The molecule has 0 aliphatic carbocycles. The van der Waals surface area contributed by atoms with Crippen LogP contribution in [0.3, 0.4) is 0 Å². The lowest BCUT2D eigenvalue weighted by molar-refractivity contribution is -0.136. The number of Topliss-reactive ketones (excluding diaryl/α,β-unsaturated/α-hetero) is 1. The molecule has 2 heterocycles. The summed E-state index contributed by atoms with van der Waals surface area (Å²) < 4.78 is 13.6. The van der Waals surface area contributed by atoms with E-state index in [9.17, 15) is 23.6 Å². The number of aromatic nitrogens is 2. The molecule has 4 unspecified atom stereocenters. The Hall–Kier alpha value is -4.51. The number of hydrogen-bond donors (Lipinski definition) is 4. The molecule has 3 aromatic rings. The van der Waals surface area contributed by atoms with Crippen LogP contribution in [0.25, 0.3) is 0 Å². The predicted molar refractivity (Wildman–Crippen MR) is 135 cm³/mol. The van der Waals surface area contributed by atoms with Crippen molar-refractivity contribution in [1.29, 1.82) is 0 Å². The van der Waals surface area contributed by atoms with Gasteiger partial charge in [0.05, 0.1) is 12.1 Å². The molecule has 0 bridgehead atoms. The van der Waals surface area contributed by atoms with Gasteiger partial charge in [-0.25, -0.2) is 9.37 Å². The van der Waals surface area contributed by atoms with Gasteiger partial charge in [0, 0.05) is 30.4 Å². The first-order chi connectivity index (χ1) is 18.2. The Labute approximate surface area is 218 Å². The van der Waals surface area contributed by atoms with Crippen molar-refractivity contribution >= 4 is 23.5 Å². The third-order valence-corrected chi connectivity index (χ3v) is 6.55. The topological polar surface area (TPSA) is 156 Å². The molecular weight excluding hydrogens is 491 g/mol. The van der Waals surface area contributed by atoms with Gasteiger partial charge >= 0.3 is 0 Å². The Morgan fingerprint density at radius 2 is 1.84 bits per heavy atom. The molecule has 11 heteroatoms. The lowest BCUT2D eigenvalue weighted by Gasteiger charge is -2.44. The molecule has 4 atom stereocenters. The summed E-state index contributed by atoms with van der Waals surface area (Å²) in [6, 6.07) is 12.8. The van der Waals surface area contributed by atoms with Crippen LogP contribution in [-0.4, -0.2) is 51.7 Å². The maximum atomic E-state index is 13.9. The van der Waals surface area contributed by atoms with Gasteiger partial charge in [0.1, 0.15) is 17.6 Å². The van der Waals surface area contributed by atoms with Crippen LogP contribution in [0.1, 0.15) is 33.3 Å². The zero-order chi connectivity index (χ0) is 27.3. The summed E-state index contributed by atoms with van der Waals surface area (Å²) in [5.41, 5.74) is 5.56. The third kappa shape index (κ3) is 5.73. The fourth-order valence-electron chi connectivity index (χ4n) is 4.34. The number of ketones is 1. The van der Waals surface area contributed by atoms with Crippen molar-refractivity contribution in [3.05, 3.63) is 95.8 Å². The van der Waals surface area contributed by atoms with E-state index >= 15 is 0 Å². The molecule has 3 amide bonds. The van der Waals surface area contributed by atoms with Gasteiger partial charge in [-0.05, 0) is 43.2 Å². The maximum absolute atomic E-state index is 13.9. The Balaban J connectivity index is 1.67. The van der Waals surface area contributed by atoms with E-state index in [2.05, 4.69) is 25.9 Å². The second-order valence-electron chi connectivity index (χ2n) is 9.13. The number of benzene rings is 2. The van der Waals surface area contributed by atoms with Gasteiger partial charge < -0.3 is 21.7 Å². The number of halogens is 1. The van der Waals surface area contributed by atoms with Gasteiger partial charge in [0.2, 0.25) is 17.6 Å². The minimum Gasteiger partial charge on any atom is -0.355 e. The van der Waals surface area contributed by atoms with Gasteiger partial charge in [-0.2, -0.15) is 0 Å². The van der Waals surface area contributed by atoms with E-state index in [1.54, 1.807) is 0 Å². The predicted octanol–water partition coefficient (Wildman–Crippen LogP) is 0.993. The molecule has 1 aliphatic heterocycles. The van der Waals surface area contributed by atoms with Crippen molar-refractivity contribution in [3.8, 4) is 0 Å². The van der Waals surface area contributed by atoms with Crippen LogP contribution in [-0.2, 0) is 16.0 Å². The fourth-order valence-corrected chi connectivity index (χ4v) is 4.34. The van der Waals surface area contributed by atoms with E-state index in [-0.39, 0.29) is 30.1 Å². The molecule has 0 spiro atoms. The maximum Gasteiger partial charge on any atom is 0.272 e. The minimum atomic E-state index is -2.07. The highest BCUT2D eigenvalue weighted by Gasteiger charge is 2.51. The number of carbonyl (C=O) groups excluding carboxylic acids is 4. The summed E-state index contributed by atoms with van der Waals surface area (Å²) in [6.07, 6.45) is 4.18. The first-order valence-corrected chi connectivity index (χ1v) is 12.0. The average molecular weight is 519 g/mol. The highest BCUT2D eigenvalue weighted by Crippen LogP contribution is 2.32. The van der Waals surface area contributed by atoms with Gasteiger partial charge in [-0.15, -0.1) is 0 Å². The van der Waals surface area contributed by atoms with E-state index in [1.165, 1.54) is 37.6 Å². The summed E-state index contributed by atoms with van der Waals surface area (Å²) in [4.78, 5) is 60.0. The largest absolute Gasteiger partial charge is 0.355 e. The fraction of sp³-hybridized carbons (Fsp3) is 0.259. The van der Waals surface area contributed by atoms with Gasteiger partial charge in [0.25, 0.3) is 5.91 Å². The first-order valence-electron chi connectivity index (χ1n) is 12.0. The Morgan fingerprint density at radius 1 is 1.13 bits per heavy atom. The molecule has 5 N–H and O–H groups in total. The van der Waals surface area contributed by atoms with Crippen LogP contribution >= 0.6 is 0 Å². The van der Waals surface area contributed by atoms with Crippen molar-refractivity contribution in [3.63, 3.8) is 0 Å². The summed E-state index contributed by atoms with van der Waals surface area (Å²) in [5.74, 6) is -4.47. The molecule has 2 aromatic carbocycles. The molecule has 4 rings (SSSR count). The van der Waals surface area contributed by atoms with Crippen molar-refractivity contribution in [2.24, 2.45) is 17.6 Å². The Bertz CT molecular complexity index is 1320. The number of nitrogens with one attached hydrogen (secondary N) is 3. The molecule has 10 nitrogen and oxygen atoms in total. The van der Waals surface area contributed by atoms with Crippen LogP contribution < -0.4 is 21.7 Å². The lowest BCUT2D eigenvalue weighted by atomic mass is 9.71. The Morgan fingerprint density at radius 3 is 2.42 bits per heavy atom. The quantitative estimate of drug-likeness (QED) is 0.177. The van der Waals surface area contributed by atoms with Crippen molar-refractivity contribution in [1.82, 2.24) is 25.9 Å². The molecule has 1 saturated heterocycles. The van der Waals surface area contributed by atoms with Crippen molar-refractivity contribution in [2.45, 2.75) is 25.0 Å². The zero-order valence-electron chi connectivity index (χ0n) is 20.6. The average Bonchev–Trinajstić information content (AvgIpc) is 2.92. The van der Waals surface area contributed by atoms with E-state index in [1.807, 2.05) is 30.3 Å². The van der Waals surface area contributed by atoms with E-state index in [0.717, 1.165) is 17.7 Å². The summed E-state index contributed by atoms with van der Waals surface area (Å²) >= 11 is 0. The van der Waals surface area contributed by atoms with Gasteiger partial charge in [0.15, 0.2) is 5.66 Å². The number of nitrogens with zero attached hydrogens (tertiary/aromatic N) is 2. The molecule has 1 aliphatic rings. The van der Waals surface area contributed by atoms with Crippen molar-refractivity contribution in [2.75, 3.05) is 6.54 Å². The number of carbonyl (C=O) groups is 4.